The van der Waals surface area contributed by atoms with E-state index in [-0.39, 0.29) is 18.4 Å². The van der Waals surface area contributed by atoms with Crippen molar-refractivity contribution < 1.29 is 9.59 Å². The molecule has 0 aromatic heterocycles. The second kappa shape index (κ2) is 6.48. The molecule has 0 aliphatic carbocycles. The fraction of sp³-hybridized carbons (Fsp3) is 0.818. The van der Waals surface area contributed by atoms with Gasteiger partial charge in [-0.2, -0.15) is 0 Å². The lowest BCUT2D eigenvalue weighted by Crippen LogP contribution is -2.44. The van der Waals surface area contributed by atoms with E-state index in [9.17, 15) is 9.59 Å². The van der Waals surface area contributed by atoms with Crippen LogP contribution in [0.2, 0.25) is 0 Å². The summed E-state index contributed by atoms with van der Waals surface area (Å²) < 4.78 is 0. The Kier molecular flexibility index (Phi) is 6.03. The zero-order valence-electron chi connectivity index (χ0n) is 10.7. The summed E-state index contributed by atoms with van der Waals surface area (Å²) in [7, 11) is 0. The van der Waals surface area contributed by atoms with Gasteiger partial charge in [-0.05, 0) is 27.7 Å². The van der Waals surface area contributed by atoms with Crippen LogP contribution in [0.5, 0.6) is 0 Å². The van der Waals surface area contributed by atoms with Gasteiger partial charge in [0.25, 0.3) is 0 Å². The quantitative estimate of drug-likeness (QED) is 0.643. The Hall–Kier alpha value is -1.10. The van der Waals surface area contributed by atoms with E-state index in [2.05, 4.69) is 5.32 Å². The molecule has 0 heterocycles. The molecular weight excluding hydrogens is 206 g/mol. The molecule has 0 aromatic carbocycles. The number of carbonyl (C=O) groups excluding carboxylic acids is 2. The third-order valence-corrected chi connectivity index (χ3v) is 2.63. The maximum Gasteiger partial charge on any atom is 0.236 e. The number of rotatable bonds is 7. The van der Waals surface area contributed by atoms with E-state index in [0.717, 1.165) is 0 Å². The van der Waals surface area contributed by atoms with Crippen LogP contribution in [0.25, 0.3) is 0 Å². The normalized spacial score (nSPS) is 11.2. The van der Waals surface area contributed by atoms with Crippen molar-refractivity contribution in [2.45, 2.75) is 27.7 Å². The van der Waals surface area contributed by atoms with Crippen molar-refractivity contribution in [1.29, 1.82) is 0 Å². The van der Waals surface area contributed by atoms with Gasteiger partial charge in [-0.15, -0.1) is 0 Å². The van der Waals surface area contributed by atoms with Crippen LogP contribution in [0.3, 0.4) is 0 Å². The van der Waals surface area contributed by atoms with Crippen LogP contribution in [0.1, 0.15) is 27.7 Å². The van der Waals surface area contributed by atoms with Crippen molar-refractivity contribution in [1.82, 2.24) is 10.2 Å². The Morgan fingerprint density at radius 3 is 2.12 bits per heavy atom. The molecule has 5 nitrogen and oxygen atoms in total. The van der Waals surface area contributed by atoms with E-state index in [4.69, 9.17) is 5.73 Å². The summed E-state index contributed by atoms with van der Waals surface area (Å²) in [6.07, 6.45) is 0. The summed E-state index contributed by atoms with van der Waals surface area (Å²) in [5, 5.41) is 2.96. The Morgan fingerprint density at radius 1 is 1.25 bits per heavy atom. The van der Waals surface area contributed by atoms with Crippen LogP contribution in [-0.4, -0.2) is 42.9 Å². The Morgan fingerprint density at radius 2 is 1.75 bits per heavy atom. The van der Waals surface area contributed by atoms with Gasteiger partial charge in [0.2, 0.25) is 11.8 Å². The van der Waals surface area contributed by atoms with Crippen molar-refractivity contribution in [2.75, 3.05) is 26.2 Å². The summed E-state index contributed by atoms with van der Waals surface area (Å²) in [5.74, 6) is -0.319. The van der Waals surface area contributed by atoms with Gasteiger partial charge in [-0.1, -0.05) is 0 Å². The van der Waals surface area contributed by atoms with Crippen molar-refractivity contribution in [3.63, 3.8) is 0 Å². The highest BCUT2D eigenvalue weighted by Gasteiger charge is 2.24. The first-order chi connectivity index (χ1) is 7.35. The molecule has 0 bridgehead atoms. The molecule has 0 aliphatic rings. The van der Waals surface area contributed by atoms with Crippen molar-refractivity contribution in [3.8, 4) is 0 Å². The molecule has 0 saturated heterocycles. The van der Waals surface area contributed by atoms with Crippen molar-refractivity contribution >= 4 is 11.8 Å². The van der Waals surface area contributed by atoms with E-state index in [1.54, 1.807) is 18.7 Å². The molecule has 94 valence electrons. The molecule has 0 atom stereocenters. The van der Waals surface area contributed by atoms with E-state index in [1.807, 2.05) is 13.8 Å². The largest absolute Gasteiger partial charge is 0.369 e. The predicted octanol–water partition coefficient (Wildman–Crippen LogP) is -0.0441. The molecule has 5 heteroatoms. The zero-order valence-corrected chi connectivity index (χ0v) is 10.7. The van der Waals surface area contributed by atoms with Gasteiger partial charge in [0, 0.05) is 19.6 Å². The summed E-state index contributed by atoms with van der Waals surface area (Å²) in [5.41, 5.74) is 4.60. The average Bonchev–Trinajstić information content (AvgIpc) is 2.19. The van der Waals surface area contributed by atoms with Crippen LogP contribution >= 0.6 is 0 Å². The van der Waals surface area contributed by atoms with Gasteiger partial charge < -0.3 is 16.0 Å². The second-order valence-corrected chi connectivity index (χ2v) is 4.42. The number of carbonyl (C=O) groups is 2. The van der Waals surface area contributed by atoms with Gasteiger partial charge >= 0.3 is 0 Å². The van der Waals surface area contributed by atoms with Gasteiger partial charge in [0.15, 0.2) is 0 Å². The minimum Gasteiger partial charge on any atom is -0.369 e. The molecule has 0 aromatic rings. The highest BCUT2D eigenvalue weighted by molar-refractivity contribution is 5.80. The number of nitrogens with one attached hydrogen (secondary N) is 1. The molecule has 0 aliphatic heterocycles. The summed E-state index contributed by atoms with van der Waals surface area (Å²) in [6.45, 7) is 9.46. The maximum absolute atomic E-state index is 11.6. The fourth-order valence-electron chi connectivity index (χ4n) is 1.26. The minimum atomic E-state index is -0.621. The molecule has 0 rings (SSSR count). The zero-order chi connectivity index (χ0) is 12.8. The smallest absolute Gasteiger partial charge is 0.236 e. The molecule has 0 fully saturated rings. The van der Waals surface area contributed by atoms with Gasteiger partial charge in [-0.25, -0.2) is 0 Å². The average molecular weight is 229 g/mol. The molecule has 0 spiro atoms. The molecule has 16 heavy (non-hydrogen) atoms. The van der Waals surface area contributed by atoms with E-state index in [1.165, 1.54) is 0 Å². The number of hydrogen-bond acceptors (Lipinski definition) is 3. The topological polar surface area (TPSA) is 75.4 Å². The van der Waals surface area contributed by atoms with E-state index in [0.29, 0.717) is 19.6 Å². The lowest BCUT2D eigenvalue weighted by atomic mass is 9.93. The van der Waals surface area contributed by atoms with Crippen molar-refractivity contribution in [2.24, 2.45) is 11.1 Å². The van der Waals surface area contributed by atoms with Gasteiger partial charge in [0.1, 0.15) is 0 Å². The summed E-state index contributed by atoms with van der Waals surface area (Å²) in [6, 6.07) is 0. The van der Waals surface area contributed by atoms with E-state index >= 15 is 0 Å². The van der Waals surface area contributed by atoms with Crippen LogP contribution in [0, 0.1) is 5.41 Å². The molecular formula is C11H23N3O2. The first-order valence-electron chi connectivity index (χ1n) is 5.63. The second-order valence-electron chi connectivity index (χ2n) is 4.42. The monoisotopic (exact) mass is 229 g/mol. The lowest BCUT2D eigenvalue weighted by Gasteiger charge is -2.23. The highest BCUT2D eigenvalue weighted by atomic mass is 16.2. The Labute approximate surface area is 97.4 Å². The number of amides is 2. The number of nitrogens with zero attached hydrogens (tertiary/aromatic N) is 1. The summed E-state index contributed by atoms with van der Waals surface area (Å²) in [4.78, 5) is 24.4. The van der Waals surface area contributed by atoms with Crippen molar-refractivity contribution in [3.05, 3.63) is 0 Å². The van der Waals surface area contributed by atoms with Crippen LogP contribution in [0.4, 0.5) is 0 Å². The third-order valence-electron chi connectivity index (χ3n) is 2.63. The minimum absolute atomic E-state index is 0.0465. The molecule has 3 N–H and O–H groups in total. The molecule has 0 radical (unpaired) electrons. The van der Waals surface area contributed by atoms with E-state index < -0.39 is 5.41 Å². The third kappa shape index (κ3) is 4.61. The number of likely N-dealkylation sites (N-methyl/N-ethyl adjacent to an activating group) is 1. The Balaban J connectivity index is 3.99. The summed E-state index contributed by atoms with van der Waals surface area (Å²) >= 11 is 0. The van der Waals surface area contributed by atoms with Crippen LogP contribution in [-0.2, 0) is 9.59 Å². The number of hydrogen-bond donors (Lipinski definition) is 2. The molecule has 0 saturated carbocycles. The standard InChI is InChI=1S/C11H23N3O2/c1-5-14(6-2)9(15)7-13-8-11(3,4)10(12)16/h13H,5-8H2,1-4H3,(H2,12,16). The van der Waals surface area contributed by atoms with Gasteiger partial charge in [-0.3, -0.25) is 9.59 Å². The first kappa shape index (κ1) is 14.9. The molecule has 2 amide bonds. The lowest BCUT2D eigenvalue weighted by molar-refractivity contribution is -0.131. The SMILES string of the molecule is CCN(CC)C(=O)CNCC(C)(C)C(N)=O. The van der Waals surface area contributed by atoms with Crippen LogP contribution < -0.4 is 11.1 Å². The Bertz CT molecular complexity index is 248. The first-order valence-corrected chi connectivity index (χ1v) is 5.63. The number of primary amides is 1. The maximum atomic E-state index is 11.6. The van der Waals surface area contributed by atoms with Crippen LogP contribution in [0.15, 0.2) is 0 Å². The molecule has 0 unspecified atom stereocenters. The fourth-order valence-corrected chi connectivity index (χ4v) is 1.26. The number of nitrogens with two attached hydrogens (primary N) is 1. The predicted molar refractivity (Wildman–Crippen MR) is 63.8 cm³/mol. The highest BCUT2D eigenvalue weighted by Crippen LogP contribution is 2.11. The van der Waals surface area contributed by atoms with Gasteiger partial charge in [0.05, 0.1) is 12.0 Å².